The number of nitrogens with zero attached hydrogens (tertiary/aromatic N) is 2. The van der Waals surface area contributed by atoms with Crippen LogP contribution in [0.2, 0.25) is 0 Å². The third-order valence-electron chi connectivity index (χ3n) is 2.20. The van der Waals surface area contributed by atoms with E-state index in [1.807, 2.05) is 24.3 Å². The number of hydrogen-bond acceptors (Lipinski definition) is 5. The van der Waals surface area contributed by atoms with Crippen LogP contribution in [0.5, 0.6) is 0 Å². The molecule has 0 unspecified atom stereocenters. The third kappa shape index (κ3) is 3.36. The molecule has 2 aromatic rings. The maximum Gasteiger partial charge on any atom is 0.276 e. The van der Waals surface area contributed by atoms with Crippen molar-refractivity contribution >= 4 is 11.8 Å². The van der Waals surface area contributed by atoms with Crippen molar-refractivity contribution in [3.05, 3.63) is 41.3 Å². The van der Waals surface area contributed by atoms with Crippen LogP contribution in [0.1, 0.15) is 17.0 Å². The zero-order valence-electron chi connectivity index (χ0n) is 10.0. The molecule has 92 valence electrons. The summed E-state index contributed by atoms with van der Waals surface area (Å²) in [5, 5.41) is 8.31. The van der Waals surface area contributed by atoms with Crippen molar-refractivity contribution in [2.24, 2.45) is 5.73 Å². The van der Waals surface area contributed by atoms with E-state index in [9.17, 15) is 0 Å². The van der Waals surface area contributed by atoms with Gasteiger partial charge in [0.2, 0.25) is 5.89 Å². The molecule has 5 heteroatoms. The summed E-state index contributed by atoms with van der Waals surface area (Å²) in [6, 6.07) is 7.97. The van der Waals surface area contributed by atoms with Crippen molar-refractivity contribution < 1.29 is 4.42 Å². The van der Waals surface area contributed by atoms with Gasteiger partial charge in [-0.15, -0.1) is 10.2 Å². The van der Waals surface area contributed by atoms with E-state index in [4.69, 9.17) is 10.2 Å². The first-order valence-electron chi connectivity index (χ1n) is 5.49. The molecule has 0 aliphatic heterocycles. The molecule has 2 rings (SSSR count). The van der Waals surface area contributed by atoms with Crippen molar-refractivity contribution in [3.8, 4) is 11.8 Å². The maximum absolute atomic E-state index is 5.38. The fourth-order valence-corrected chi connectivity index (χ4v) is 2.20. The summed E-state index contributed by atoms with van der Waals surface area (Å²) in [5.41, 5.74) is 7.51. The molecule has 2 N–H and O–H groups in total. The molecule has 1 heterocycles. The lowest BCUT2D eigenvalue weighted by molar-refractivity contribution is 0.429. The van der Waals surface area contributed by atoms with Crippen LogP contribution < -0.4 is 5.73 Å². The Morgan fingerprint density at radius 2 is 2.17 bits per heavy atom. The third-order valence-corrected chi connectivity index (χ3v) is 3.07. The van der Waals surface area contributed by atoms with Crippen molar-refractivity contribution in [2.45, 2.75) is 17.9 Å². The Morgan fingerprint density at radius 3 is 2.89 bits per heavy atom. The van der Waals surface area contributed by atoms with Crippen LogP contribution in [0.25, 0.3) is 0 Å². The van der Waals surface area contributed by atoms with Crippen LogP contribution in [0.4, 0.5) is 0 Å². The number of nitrogens with two attached hydrogens (primary N) is 1. The van der Waals surface area contributed by atoms with Crippen LogP contribution in [0, 0.1) is 18.8 Å². The maximum atomic E-state index is 5.38. The van der Waals surface area contributed by atoms with E-state index in [-0.39, 0.29) is 0 Å². The standard InChI is InChI=1S/C13H13N3OS/c1-10-15-16-13(17-10)18-9-12-6-3-2-5-11(12)7-4-8-14/h2-3,5-6H,8-9,14H2,1H3. The smallest absolute Gasteiger partial charge is 0.276 e. The van der Waals surface area contributed by atoms with Gasteiger partial charge >= 0.3 is 0 Å². The van der Waals surface area contributed by atoms with Crippen LogP contribution in [0.3, 0.4) is 0 Å². The summed E-state index contributed by atoms with van der Waals surface area (Å²) >= 11 is 1.50. The first-order chi connectivity index (χ1) is 8.79. The van der Waals surface area contributed by atoms with E-state index in [0.29, 0.717) is 17.7 Å². The quantitative estimate of drug-likeness (QED) is 0.674. The van der Waals surface area contributed by atoms with E-state index >= 15 is 0 Å². The highest BCUT2D eigenvalue weighted by atomic mass is 32.2. The van der Waals surface area contributed by atoms with Gasteiger partial charge in [0.15, 0.2) is 0 Å². The number of benzene rings is 1. The highest BCUT2D eigenvalue weighted by molar-refractivity contribution is 7.98. The molecule has 1 aromatic heterocycles. The average Bonchev–Trinajstić information content (AvgIpc) is 2.81. The highest BCUT2D eigenvalue weighted by Gasteiger charge is 2.05. The molecular formula is C13H13N3OS. The summed E-state index contributed by atoms with van der Waals surface area (Å²) in [7, 11) is 0. The molecule has 1 aromatic carbocycles. The SMILES string of the molecule is Cc1nnc(SCc2ccccc2C#CCN)o1. The molecule has 0 fully saturated rings. The molecule has 0 atom stereocenters. The van der Waals surface area contributed by atoms with Crippen LogP contribution in [-0.2, 0) is 5.75 Å². The number of aromatic nitrogens is 2. The Labute approximate surface area is 110 Å². The molecule has 0 bridgehead atoms. The number of rotatable bonds is 3. The molecule has 0 spiro atoms. The molecule has 0 aliphatic rings. The Kier molecular flexibility index (Phi) is 4.40. The van der Waals surface area contributed by atoms with Crippen molar-refractivity contribution in [3.63, 3.8) is 0 Å². The second-order valence-corrected chi connectivity index (χ2v) is 4.47. The number of hydrogen-bond donors (Lipinski definition) is 1. The zero-order chi connectivity index (χ0) is 12.8. The second-order valence-electron chi connectivity index (χ2n) is 3.54. The van der Waals surface area contributed by atoms with Gasteiger partial charge in [0.05, 0.1) is 6.54 Å². The first kappa shape index (κ1) is 12.7. The summed E-state index contributed by atoms with van der Waals surface area (Å²) in [6.07, 6.45) is 0. The van der Waals surface area contributed by atoms with Gasteiger partial charge in [-0.05, 0) is 11.6 Å². The van der Waals surface area contributed by atoms with Crippen LogP contribution in [-0.4, -0.2) is 16.7 Å². The molecular weight excluding hydrogens is 246 g/mol. The van der Waals surface area contributed by atoms with Crippen LogP contribution >= 0.6 is 11.8 Å². The Morgan fingerprint density at radius 1 is 1.33 bits per heavy atom. The van der Waals surface area contributed by atoms with E-state index in [1.54, 1.807) is 6.92 Å². The minimum Gasteiger partial charge on any atom is -0.416 e. The van der Waals surface area contributed by atoms with Gasteiger partial charge in [0.25, 0.3) is 5.22 Å². The summed E-state index contributed by atoms with van der Waals surface area (Å²) in [4.78, 5) is 0. The van der Waals surface area contributed by atoms with Gasteiger partial charge in [-0.1, -0.05) is 41.8 Å². The Balaban J connectivity index is 2.09. The van der Waals surface area contributed by atoms with E-state index in [1.165, 1.54) is 11.8 Å². The van der Waals surface area contributed by atoms with Crippen molar-refractivity contribution in [2.75, 3.05) is 6.54 Å². The van der Waals surface area contributed by atoms with Gasteiger partial charge in [0.1, 0.15) is 0 Å². The zero-order valence-corrected chi connectivity index (χ0v) is 10.8. The van der Waals surface area contributed by atoms with Gasteiger partial charge in [-0.3, -0.25) is 0 Å². The minimum absolute atomic E-state index is 0.365. The summed E-state index contributed by atoms with van der Waals surface area (Å²) in [6.45, 7) is 2.14. The Hall–Kier alpha value is -1.77. The lowest BCUT2D eigenvalue weighted by atomic mass is 10.1. The highest BCUT2D eigenvalue weighted by Crippen LogP contribution is 2.22. The van der Waals surface area contributed by atoms with Gasteiger partial charge < -0.3 is 10.2 Å². The van der Waals surface area contributed by atoms with Gasteiger partial charge in [-0.25, -0.2) is 0 Å². The number of thioether (sulfide) groups is 1. The predicted octanol–water partition coefficient (Wildman–Crippen LogP) is 1.98. The molecule has 4 nitrogen and oxygen atoms in total. The molecule has 0 amide bonds. The number of aryl methyl sites for hydroxylation is 1. The Bertz CT molecular complexity index is 583. The molecule has 18 heavy (non-hydrogen) atoms. The fraction of sp³-hybridized carbons (Fsp3) is 0.231. The van der Waals surface area contributed by atoms with E-state index < -0.39 is 0 Å². The van der Waals surface area contributed by atoms with Crippen molar-refractivity contribution in [1.29, 1.82) is 0 Å². The largest absolute Gasteiger partial charge is 0.416 e. The second kappa shape index (κ2) is 6.24. The first-order valence-corrected chi connectivity index (χ1v) is 6.48. The van der Waals surface area contributed by atoms with Gasteiger partial charge in [0, 0.05) is 18.2 Å². The molecule has 0 radical (unpaired) electrons. The molecule has 0 aliphatic carbocycles. The monoisotopic (exact) mass is 259 g/mol. The summed E-state index contributed by atoms with van der Waals surface area (Å²) < 4.78 is 5.31. The fourth-order valence-electron chi connectivity index (χ4n) is 1.39. The van der Waals surface area contributed by atoms with E-state index in [0.717, 1.165) is 16.9 Å². The average molecular weight is 259 g/mol. The predicted molar refractivity (Wildman–Crippen MR) is 71.0 cm³/mol. The van der Waals surface area contributed by atoms with Crippen LogP contribution in [0.15, 0.2) is 33.9 Å². The topological polar surface area (TPSA) is 64.9 Å². The van der Waals surface area contributed by atoms with Gasteiger partial charge in [-0.2, -0.15) is 0 Å². The lowest BCUT2D eigenvalue weighted by Gasteiger charge is -2.01. The minimum atomic E-state index is 0.365. The normalized spacial score (nSPS) is 9.89. The molecule has 0 saturated carbocycles. The van der Waals surface area contributed by atoms with E-state index in [2.05, 4.69) is 22.0 Å². The summed E-state index contributed by atoms with van der Waals surface area (Å²) in [5.74, 6) is 7.25. The molecule has 0 saturated heterocycles. The van der Waals surface area contributed by atoms with Crippen molar-refractivity contribution in [1.82, 2.24) is 10.2 Å². The lowest BCUT2D eigenvalue weighted by Crippen LogP contribution is -1.94.